The van der Waals surface area contributed by atoms with Crippen molar-refractivity contribution in [3.63, 3.8) is 0 Å². The molecule has 2 aliphatic rings. The number of sulfone groups is 2. The molecule has 0 aliphatic heterocycles. The summed E-state index contributed by atoms with van der Waals surface area (Å²) in [5, 5.41) is -5.85. The maximum atomic E-state index is 13.9. The van der Waals surface area contributed by atoms with Gasteiger partial charge in [-0.3, -0.25) is 5.41 Å². The van der Waals surface area contributed by atoms with Crippen LogP contribution in [0, 0.1) is 5.41 Å². The summed E-state index contributed by atoms with van der Waals surface area (Å²) < 4.78 is 181. The Kier molecular flexibility index (Phi) is 7.12. The molecule has 18 heteroatoms. The summed E-state index contributed by atoms with van der Waals surface area (Å²) in [6.45, 7) is 0. The summed E-state index contributed by atoms with van der Waals surface area (Å²) >= 11 is 0. The van der Waals surface area contributed by atoms with Crippen molar-refractivity contribution in [1.29, 1.82) is 5.41 Å². The molecule has 0 amide bonds. The summed E-state index contributed by atoms with van der Waals surface area (Å²) in [7, 11) is -13.2. The van der Waals surface area contributed by atoms with E-state index in [9.17, 15) is 60.7 Å². The SMILES string of the molecule is CN.N=C1C2=Cc3ccccc3C2=CC(S(=O)(=O)C(F)(F)C(F)(F)F)=C1S(=O)(=O)C(F)(F)C(F)(F)F. The van der Waals surface area contributed by atoms with Gasteiger partial charge in [-0.2, -0.15) is 43.9 Å². The van der Waals surface area contributed by atoms with E-state index in [-0.39, 0.29) is 17.2 Å². The normalized spacial score (nSPS) is 17.1. The first kappa shape index (κ1) is 29.5. The Morgan fingerprint density at radius 3 is 1.61 bits per heavy atom. The molecule has 1 aromatic carbocycles. The number of nitrogens with one attached hydrogen (secondary N) is 1. The minimum absolute atomic E-state index is 0.0223. The van der Waals surface area contributed by atoms with Crippen molar-refractivity contribution in [2.75, 3.05) is 7.05 Å². The lowest BCUT2D eigenvalue weighted by Crippen LogP contribution is -2.48. The van der Waals surface area contributed by atoms with E-state index in [1.165, 1.54) is 25.2 Å². The van der Waals surface area contributed by atoms with Gasteiger partial charge in [-0.1, -0.05) is 24.3 Å². The van der Waals surface area contributed by atoms with Gasteiger partial charge < -0.3 is 5.73 Å². The van der Waals surface area contributed by atoms with Gasteiger partial charge in [0.1, 0.15) is 4.91 Å². The Balaban J connectivity index is 0.00000222. The molecular formula is C18H12F10N2O4S2. The molecule has 0 spiro atoms. The highest BCUT2D eigenvalue weighted by Gasteiger charge is 2.72. The van der Waals surface area contributed by atoms with Crippen LogP contribution in [0.5, 0.6) is 0 Å². The molecule has 3 N–H and O–H groups in total. The molecule has 200 valence electrons. The number of fused-ring (bicyclic) bond motifs is 3. The van der Waals surface area contributed by atoms with Gasteiger partial charge in [0.05, 0.1) is 10.6 Å². The Bertz CT molecular complexity index is 1420. The van der Waals surface area contributed by atoms with Crippen LogP contribution in [0.4, 0.5) is 43.9 Å². The van der Waals surface area contributed by atoms with Crippen LogP contribution in [0.25, 0.3) is 11.6 Å². The summed E-state index contributed by atoms with van der Waals surface area (Å²) in [4.78, 5) is -5.57. The van der Waals surface area contributed by atoms with E-state index >= 15 is 0 Å². The summed E-state index contributed by atoms with van der Waals surface area (Å²) in [5.41, 5.74) is 1.02. The van der Waals surface area contributed by atoms with Crippen LogP contribution in [-0.4, -0.2) is 52.5 Å². The Morgan fingerprint density at radius 1 is 0.694 bits per heavy atom. The van der Waals surface area contributed by atoms with Crippen LogP contribution in [-0.2, 0) is 19.7 Å². The Hall–Kier alpha value is -2.73. The average Bonchev–Trinajstić information content (AvgIpc) is 3.12. The zero-order chi connectivity index (χ0) is 28.3. The molecule has 0 saturated heterocycles. The van der Waals surface area contributed by atoms with Crippen LogP contribution in [0.2, 0.25) is 0 Å². The summed E-state index contributed by atoms with van der Waals surface area (Å²) in [6.07, 6.45) is -13.2. The zero-order valence-corrected chi connectivity index (χ0v) is 18.9. The van der Waals surface area contributed by atoms with E-state index < -0.39 is 69.2 Å². The van der Waals surface area contributed by atoms with E-state index in [0.29, 0.717) is 0 Å². The summed E-state index contributed by atoms with van der Waals surface area (Å²) in [5.74, 6) is 0. The predicted octanol–water partition coefficient (Wildman–Crippen LogP) is 4.43. The van der Waals surface area contributed by atoms with Gasteiger partial charge in [-0.05, 0) is 35.9 Å². The molecule has 0 bridgehead atoms. The second kappa shape index (κ2) is 8.69. The second-order valence-corrected chi connectivity index (χ2v) is 10.7. The molecule has 2 aliphatic carbocycles. The molecular weight excluding hydrogens is 562 g/mol. The molecule has 0 atom stereocenters. The van der Waals surface area contributed by atoms with Crippen LogP contribution >= 0.6 is 0 Å². The van der Waals surface area contributed by atoms with E-state index in [4.69, 9.17) is 5.41 Å². The number of allylic oxidation sites excluding steroid dienone is 4. The van der Waals surface area contributed by atoms with Crippen molar-refractivity contribution in [2.24, 2.45) is 5.73 Å². The number of rotatable bonds is 4. The third-order valence-electron chi connectivity index (χ3n) is 4.73. The monoisotopic (exact) mass is 574 g/mol. The predicted molar refractivity (Wildman–Crippen MR) is 107 cm³/mol. The fourth-order valence-electron chi connectivity index (χ4n) is 3.09. The van der Waals surface area contributed by atoms with Crippen molar-refractivity contribution in [3.05, 3.63) is 56.9 Å². The van der Waals surface area contributed by atoms with Crippen molar-refractivity contribution in [3.8, 4) is 0 Å². The molecule has 36 heavy (non-hydrogen) atoms. The lowest BCUT2D eigenvalue weighted by Gasteiger charge is -2.28. The maximum Gasteiger partial charge on any atom is 0.469 e. The minimum Gasteiger partial charge on any atom is -0.333 e. The number of benzene rings is 1. The van der Waals surface area contributed by atoms with Crippen molar-refractivity contribution in [2.45, 2.75) is 22.9 Å². The van der Waals surface area contributed by atoms with E-state index in [1.54, 1.807) is 0 Å². The lowest BCUT2D eigenvalue weighted by molar-refractivity contribution is -0.241. The third-order valence-corrected chi connectivity index (χ3v) is 8.53. The zero-order valence-electron chi connectivity index (χ0n) is 17.3. The minimum atomic E-state index is -7.40. The first-order chi connectivity index (χ1) is 16.1. The van der Waals surface area contributed by atoms with E-state index in [1.807, 2.05) is 0 Å². The highest BCUT2D eigenvalue weighted by Crippen LogP contribution is 2.52. The fraction of sp³-hybridized carbons (Fsp3) is 0.278. The second-order valence-electron chi connectivity index (χ2n) is 6.81. The van der Waals surface area contributed by atoms with Crippen LogP contribution in [0.15, 0.2) is 45.7 Å². The van der Waals surface area contributed by atoms with Gasteiger partial charge >= 0.3 is 22.9 Å². The smallest absolute Gasteiger partial charge is 0.333 e. The van der Waals surface area contributed by atoms with Gasteiger partial charge in [0, 0.05) is 5.57 Å². The molecule has 0 unspecified atom stereocenters. The first-order valence-corrected chi connectivity index (χ1v) is 11.9. The van der Waals surface area contributed by atoms with Gasteiger partial charge in [-0.15, -0.1) is 0 Å². The number of nitrogens with two attached hydrogens (primary N) is 1. The van der Waals surface area contributed by atoms with E-state index in [2.05, 4.69) is 5.73 Å². The molecule has 3 rings (SSSR count). The quantitative estimate of drug-likeness (QED) is 0.517. The number of hydrogen-bond acceptors (Lipinski definition) is 6. The van der Waals surface area contributed by atoms with Crippen LogP contribution in [0.3, 0.4) is 0 Å². The molecule has 0 radical (unpaired) electrons. The van der Waals surface area contributed by atoms with Crippen LogP contribution < -0.4 is 5.73 Å². The van der Waals surface area contributed by atoms with Crippen molar-refractivity contribution in [1.82, 2.24) is 0 Å². The van der Waals surface area contributed by atoms with Gasteiger partial charge in [0.15, 0.2) is 0 Å². The lowest BCUT2D eigenvalue weighted by atomic mass is 9.95. The number of hydrogen-bond donors (Lipinski definition) is 2. The largest absolute Gasteiger partial charge is 0.469 e. The first-order valence-electron chi connectivity index (χ1n) is 8.93. The standard InChI is InChI=1S/C17H7F10NO4S2.CH5N/c18-14(19,20)16(24,25)33(29,30)11-6-9-8-4-2-1-3-7(8)5-10(9)12(28)13(11)34(31,32)17(26,27)15(21,22)23;1-2/h1-6,28H;2H2,1H3. The Morgan fingerprint density at radius 2 is 1.14 bits per heavy atom. The molecule has 1 aromatic rings. The maximum absolute atomic E-state index is 13.9. The molecule has 6 nitrogen and oxygen atoms in total. The topological polar surface area (TPSA) is 118 Å². The highest BCUT2D eigenvalue weighted by molar-refractivity contribution is 8.01. The number of halogens is 10. The summed E-state index contributed by atoms with van der Waals surface area (Å²) in [6, 6.07) is 4.95. The third kappa shape index (κ3) is 4.03. The number of alkyl halides is 10. The molecule has 0 saturated carbocycles. The van der Waals surface area contributed by atoms with Crippen molar-refractivity contribution < 1.29 is 60.7 Å². The van der Waals surface area contributed by atoms with Gasteiger partial charge in [0.25, 0.3) is 19.7 Å². The molecule has 0 fully saturated rings. The fourth-order valence-corrected chi connectivity index (χ4v) is 6.21. The van der Waals surface area contributed by atoms with Gasteiger partial charge in [0.2, 0.25) is 0 Å². The average molecular weight is 574 g/mol. The van der Waals surface area contributed by atoms with Gasteiger partial charge in [-0.25, -0.2) is 16.8 Å². The van der Waals surface area contributed by atoms with Crippen LogP contribution in [0.1, 0.15) is 11.1 Å². The molecule has 0 aromatic heterocycles. The van der Waals surface area contributed by atoms with Crippen molar-refractivity contribution >= 4 is 37.0 Å². The highest BCUT2D eigenvalue weighted by atomic mass is 32.2. The molecule has 0 heterocycles. The Labute approximate surface area is 196 Å². The van der Waals surface area contributed by atoms with E-state index in [0.717, 1.165) is 12.1 Å².